The van der Waals surface area contributed by atoms with Gasteiger partial charge in [-0.05, 0) is 44.0 Å². The molecule has 5 nitrogen and oxygen atoms in total. The zero-order valence-electron chi connectivity index (χ0n) is 12.1. The molecule has 0 radical (unpaired) electrons. The summed E-state index contributed by atoms with van der Waals surface area (Å²) in [6, 6.07) is 4.69. The van der Waals surface area contributed by atoms with Gasteiger partial charge < -0.3 is 10.1 Å². The molecule has 1 saturated heterocycles. The molecule has 10 heteroatoms. The van der Waals surface area contributed by atoms with E-state index in [2.05, 4.69) is 14.8 Å². The van der Waals surface area contributed by atoms with Crippen LogP contribution in [0, 0.1) is 5.92 Å². The molecule has 2 N–H and O–H groups in total. The number of para-hydroxylation sites is 1. The Bertz CT molecular complexity index is 605. The van der Waals surface area contributed by atoms with Crippen LogP contribution in [0.4, 0.5) is 13.2 Å². The highest BCUT2D eigenvalue weighted by Crippen LogP contribution is 2.29. The smallest absolute Gasteiger partial charge is 0.404 e. The Balaban J connectivity index is 0.00000264. The van der Waals surface area contributed by atoms with Crippen molar-refractivity contribution >= 4 is 22.4 Å². The third-order valence-electron chi connectivity index (χ3n) is 3.33. The summed E-state index contributed by atoms with van der Waals surface area (Å²) in [5.41, 5.74) is 0. The van der Waals surface area contributed by atoms with Gasteiger partial charge in [-0.15, -0.1) is 25.6 Å². The maximum Gasteiger partial charge on any atom is 0.573 e. The highest BCUT2D eigenvalue weighted by Gasteiger charge is 2.34. The average molecular weight is 375 g/mol. The van der Waals surface area contributed by atoms with Crippen LogP contribution in [0.2, 0.25) is 0 Å². The van der Waals surface area contributed by atoms with Gasteiger partial charge in [-0.1, -0.05) is 12.1 Å². The van der Waals surface area contributed by atoms with Crippen molar-refractivity contribution in [2.45, 2.75) is 24.1 Å². The normalized spacial score (nSPS) is 19.0. The van der Waals surface area contributed by atoms with Gasteiger partial charge in [0, 0.05) is 6.54 Å². The lowest BCUT2D eigenvalue weighted by molar-refractivity contribution is -0.275. The van der Waals surface area contributed by atoms with E-state index in [0.29, 0.717) is 6.54 Å². The van der Waals surface area contributed by atoms with Crippen LogP contribution in [0.25, 0.3) is 0 Å². The van der Waals surface area contributed by atoms with Crippen LogP contribution in [0.15, 0.2) is 29.2 Å². The molecular formula is C13H18ClF3N2O3S. The topological polar surface area (TPSA) is 67.4 Å². The second-order valence-electron chi connectivity index (χ2n) is 5.06. The minimum absolute atomic E-state index is 0. The molecule has 0 bridgehead atoms. The largest absolute Gasteiger partial charge is 0.573 e. The Hall–Kier alpha value is -1.03. The summed E-state index contributed by atoms with van der Waals surface area (Å²) in [5, 5.41) is 3.15. The van der Waals surface area contributed by atoms with Crippen molar-refractivity contribution in [2.24, 2.45) is 5.92 Å². The number of hydrogen-bond donors (Lipinski definition) is 2. The number of sulfonamides is 1. The van der Waals surface area contributed by atoms with E-state index in [0.717, 1.165) is 31.5 Å². The molecule has 1 aromatic carbocycles. The number of rotatable bonds is 5. The third-order valence-corrected chi connectivity index (χ3v) is 4.79. The first-order chi connectivity index (χ1) is 10.3. The molecule has 1 aliphatic heterocycles. The monoisotopic (exact) mass is 374 g/mol. The molecule has 2 rings (SSSR count). The van der Waals surface area contributed by atoms with Gasteiger partial charge >= 0.3 is 6.36 Å². The van der Waals surface area contributed by atoms with Crippen molar-refractivity contribution in [1.82, 2.24) is 10.0 Å². The van der Waals surface area contributed by atoms with Crippen molar-refractivity contribution in [2.75, 3.05) is 19.6 Å². The van der Waals surface area contributed by atoms with Crippen LogP contribution < -0.4 is 14.8 Å². The van der Waals surface area contributed by atoms with E-state index in [1.54, 1.807) is 0 Å². The molecule has 23 heavy (non-hydrogen) atoms. The molecule has 1 unspecified atom stereocenters. The molecule has 0 saturated carbocycles. The van der Waals surface area contributed by atoms with E-state index in [4.69, 9.17) is 0 Å². The Kier molecular flexibility index (Phi) is 7.12. The Morgan fingerprint density at radius 1 is 1.30 bits per heavy atom. The zero-order valence-corrected chi connectivity index (χ0v) is 13.7. The number of halogens is 4. The first-order valence-electron chi connectivity index (χ1n) is 6.83. The number of alkyl halides is 3. The van der Waals surface area contributed by atoms with Crippen molar-refractivity contribution in [3.05, 3.63) is 24.3 Å². The molecule has 1 aromatic rings. The van der Waals surface area contributed by atoms with Gasteiger partial charge in [-0.2, -0.15) is 0 Å². The SMILES string of the molecule is Cl.O=S(=O)(NCC1CCCNC1)c1ccccc1OC(F)(F)F. The molecule has 1 heterocycles. The van der Waals surface area contributed by atoms with E-state index >= 15 is 0 Å². The van der Waals surface area contributed by atoms with Gasteiger partial charge in [0.1, 0.15) is 10.6 Å². The van der Waals surface area contributed by atoms with Crippen molar-refractivity contribution < 1.29 is 26.3 Å². The second-order valence-corrected chi connectivity index (χ2v) is 6.79. The number of ether oxygens (including phenoxy) is 1. The minimum atomic E-state index is -4.95. The zero-order chi connectivity index (χ0) is 16.2. The summed E-state index contributed by atoms with van der Waals surface area (Å²) in [4.78, 5) is -0.518. The lowest BCUT2D eigenvalue weighted by Crippen LogP contribution is -2.38. The van der Waals surface area contributed by atoms with E-state index in [1.807, 2.05) is 0 Å². The fourth-order valence-corrected chi connectivity index (χ4v) is 3.53. The average Bonchev–Trinajstić information content (AvgIpc) is 2.45. The fourth-order valence-electron chi connectivity index (χ4n) is 2.28. The first-order valence-corrected chi connectivity index (χ1v) is 8.31. The summed E-state index contributed by atoms with van der Waals surface area (Å²) < 4.78 is 67.6. The number of piperidine rings is 1. The highest BCUT2D eigenvalue weighted by molar-refractivity contribution is 7.89. The first kappa shape index (κ1) is 20.0. The van der Waals surface area contributed by atoms with Gasteiger partial charge in [0.25, 0.3) is 0 Å². The Morgan fingerprint density at radius 2 is 2.00 bits per heavy atom. The van der Waals surface area contributed by atoms with Gasteiger partial charge in [0.2, 0.25) is 10.0 Å². The lowest BCUT2D eigenvalue weighted by atomic mass is 10.0. The molecule has 132 valence electrons. The summed E-state index contributed by atoms with van der Waals surface area (Å²) in [6.45, 7) is 1.75. The predicted molar refractivity (Wildman–Crippen MR) is 81.2 cm³/mol. The third kappa shape index (κ3) is 6.17. The van der Waals surface area contributed by atoms with E-state index in [-0.39, 0.29) is 24.9 Å². The van der Waals surface area contributed by atoms with Crippen LogP contribution >= 0.6 is 12.4 Å². The second kappa shape index (κ2) is 8.18. The van der Waals surface area contributed by atoms with Crippen LogP contribution in [-0.4, -0.2) is 34.4 Å². The van der Waals surface area contributed by atoms with Gasteiger partial charge in [0.05, 0.1) is 0 Å². The van der Waals surface area contributed by atoms with Gasteiger partial charge in [0.15, 0.2) is 0 Å². The predicted octanol–water partition coefficient (Wildman–Crippen LogP) is 2.28. The van der Waals surface area contributed by atoms with Crippen molar-refractivity contribution in [3.63, 3.8) is 0 Å². The summed E-state index contributed by atoms with van der Waals surface area (Å²) in [6.07, 6.45) is -3.13. The Labute approximate surface area is 139 Å². The number of benzene rings is 1. The molecule has 1 atom stereocenters. The van der Waals surface area contributed by atoms with Crippen LogP contribution in [-0.2, 0) is 10.0 Å². The summed E-state index contributed by atoms with van der Waals surface area (Å²) >= 11 is 0. The molecule has 0 spiro atoms. The molecule has 1 fully saturated rings. The summed E-state index contributed by atoms with van der Waals surface area (Å²) in [5.74, 6) is -0.608. The molecule has 0 aromatic heterocycles. The molecule has 0 aliphatic carbocycles. The minimum Gasteiger partial charge on any atom is -0.404 e. The lowest BCUT2D eigenvalue weighted by Gasteiger charge is -2.23. The van der Waals surface area contributed by atoms with Crippen LogP contribution in [0.3, 0.4) is 0 Å². The fraction of sp³-hybridized carbons (Fsp3) is 0.538. The maximum absolute atomic E-state index is 12.3. The quantitative estimate of drug-likeness (QED) is 0.829. The van der Waals surface area contributed by atoms with Gasteiger partial charge in [-0.3, -0.25) is 0 Å². The van der Waals surface area contributed by atoms with Crippen molar-refractivity contribution in [1.29, 1.82) is 0 Å². The number of hydrogen-bond acceptors (Lipinski definition) is 4. The molecule has 1 aliphatic rings. The van der Waals surface area contributed by atoms with E-state index < -0.39 is 27.0 Å². The number of nitrogens with one attached hydrogen (secondary N) is 2. The molecule has 0 amide bonds. The Morgan fingerprint density at radius 3 is 2.61 bits per heavy atom. The van der Waals surface area contributed by atoms with Gasteiger partial charge in [-0.25, -0.2) is 13.1 Å². The summed E-state index contributed by atoms with van der Waals surface area (Å²) in [7, 11) is -4.07. The van der Waals surface area contributed by atoms with Crippen LogP contribution in [0.1, 0.15) is 12.8 Å². The van der Waals surface area contributed by atoms with Crippen LogP contribution in [0.5, 0.6) is 5.75 Å². The van der Waals surface area contributed by atoms with E-state index in [9.17, 15) is 21.6 Å². The molecular weight excluding hydrogens is 357 g/mol. The van der Waals surface area contributed by atoms with Crippen molar-refractivity contribution in [3.8, 4) is 5.75 Å². The highest BCUT2D eigenvalue weighted by atomic mass is 35.5. The maximum atomic E-state index is 12.3. The standard InChI is InChI=1S/C13H17F3N2O3S.ClH/c14-13(15,16)21-11-5-1-2-6-12(11)22(19,20)18-9-10-4-3-7-17-8-10;/h1-2,5-6,10,17-18H,3-4,7-9H2;1H. The van der Waals surface area contributed by atoms with E-state index in [1.165, 1.54) is 12.1 Å².